The van der Waals surface area contributed by atoms with E-state index in [-0.39, 0.29) is 18.4 Å². The van der Waals surface area contributed by atoms with Crippen molar-refractivity contribution in [2.45, 2.75) is 26.3 Å². The van der Waals surface area contributed by atoms with Crippen LogP contribution in [0.2, 0.25) is 0 Å². The minimum atomic E-state index is -0.693. The lowest BCUT2D eigenvalue weighted by atomic mass is 10.0. The van der Waals surface area contributed by atoms with Crippen molar-refractivity contribution >= 4 is 11.8 Å². The molecule has 0 saturated heterocycles. The maximum Gasteiger partial charge on any atom is 0.251 e. The van der Waals surface area contributed by atoms with E-state index in [1.807, 2.05) is 13.8 Å². The Balaban J connectivity index is 2.76. The molecule has 0 aliphatic heterocycles. The maximum atomic E-state index is 12.0. The van der Waals surface area contributed by atoms with Gasteiger partial charge in [-0.3, -0.25) is 9.59 Å². The summed E-state index contributed by atoms with van der Waals surface area (Å²) < 4.78 is 0. The lowest BCUT2D eigenvalue weighted by Gasteiger charge is -2.18. The van der Waals surface area contributed by atoms with E-state index in [4.69, 9.17) is 10.8 Å². The Hall–Kier alpha value is -2.32. The van der Waals surface area contributed by atoms with Gasteiger partial charge in [-0.2, -0.15) is 0 Å². The molecule has 2 amide bonds. The molecule has 5 heteroatoms. The molecule has 0 aliphatic carbocycles. The number of carbonyl (C=O) groups is 2. The molecule has 0 aromatic heterocycles. The van der Waals surface area contributed by atoms with E-state index < -0.39 is 11.9 Å². The maximum absolute atomic E-state index is 12.0. The van der Waals surface area contributed by atoms with Gasteiger partial charge >= 0.3 is 0 Å². The molecule has 0 saturated carbocycles. The molecule has 4 N–H and O–H groups in total. The molecule has 1 unspecified atom stereocenters. The first kappa shape index (κ1) is 16.7. The smallest absolute Gasteiger partial charge is 0.251 e. The van der Waals surface area contributed by atoms with Gasteiger partial charge in [-0.05, 0) is 30.2 Å². The Bertz CT molecular complexity index is 553. The number of amides is 2. The number of hydrogen-bond acceptors (Lipinski definition) is 3. The van der Waals surface area contributed by atoms with Gasteiger partial charge in [-0.1, -0.05) is 25.7 Å². The summed E-state index contributed by atoms with van der Waals surface area (Å²) in [5.74, 6) is 4.70. The van der Waals surface area contributed by atoms with Crippen LogP contribution < -0.4 is 11.1 Å². The third-order valence-electron chi connectivity index (χ3n) is 2.88. The van der Waals surface area contributed by atoms with Crippen LogP contribution in [0, 0.1) is 17.8 Å². The highest BCUT2D eigenvalue weighted by Gasteiger charge is 2.22. The van der Waals surface area contributed by atoms with Crippen LogP contribution in [0.5, 0.6) is 0 Å². The van der Waals surface area contributed by atoms with Gasteiger partial charge < -0.3 is 16.2 Å². The molecule has 1 aromatic rings. The van der Waals surface area contributed by atoms with Crippen molar-refractivity contribution in [1.29, 1.82) is 0 Å². The highest BCUT2D eigenvalue weighted by molar-refractivity contribution is 5.97. The molecule has 0 fully saturated rings. The minimum absolute atomic E-state index is 0.0250. The van der Waals surface area contributed by atoms with Crippen LogP contribution >= 0.6 is 0 Å². The summed E-state index contributed by atoms with van der Waals surface area (Å²) in [6.45, 7) is 3.66. The minimum Gasteiger partial charge on any atom is -0.395 e. The largest absolute Gasteiger partial charge is 0.395 e. The summed E-state index contributed by atoms with van der Waals surface area (Å²) in [7, 11) is 0. The summed E-state index contributed by atoms with van der Waals surface area (Å²) >= 11 is 0. The van der Waals surface area contributed by atoms with Crippen molar-refractivity contribution in [3.05, 3.63) is 35.4 Å². The van der Waals surface area contributed by atoms with E-state index in [0.29, 0.717) is 12.0 Å². The van der Waals surface area contributed by atoms with Crippen molar-refractivity contribution in [3.63, 3.8) is 0 Å². The summed E-state index contributed by atoms with van der Waals surface area (Å²) in [5.41, 5.74) is 6.46. The number of nitrogens with one attached hydrogen (secondary N) is 1. The second-order valence-electron chi connectivity index (χ2n) is 4.95. The van der Waals surface area contributed by atoms with Crippen molar-refractivity contribution in [1.82, 2.24) is 5.32 Å². The molecule has 1 aromatic carbocycles. The molecule has 112 valence electrons. The fraction of sp³-hybridized carbons (Fsp3) is 0.375. The Morgan fingerprint density at radius 2 is 1.90 bits per heavy atom. The number of carbonyl (C=O) groups excluding carboxylic acids is 2. The van der Waals surface area contributed by atoms with E-state index in [9.17, 15) is 9.59 Å². The van der Waals surface area contributed by atoms with Crippen LogP contribution in [0.3, 0.4) is 0 Å². The topological polar surface area (TPSA) is 92.4 Å². The van der Waals surface area contributed by atoms with E-state index in [0.717, 1.165) is 5.56 Å². The van der Waals surface area contributed by atoms with E-state index in [2.05, 4.69) is 17.2 Å². The summed E-state index contributed by atoms with van der Waals surface area (Å²) in [4.78, 5) is 23.3. The van der Waals surface area contributed by atoms with Crippen LogP contribution in [0.1, 0.15) is 36.2 Å². The summed E-state index contributed by atoms with van der Waals surface area (Å²) in [6, 6.07) is 6.01. The molecule has 1 atom stereocenters. The first-order valence-corrected chi connectivity index (χ1v) is 6.75. The highest BCUT2D eigenvalue weighted by atomic mass is 16.2. The third-order valence-corrected chi connectivity index (χ3v) is 2.88. The number of nitrogens with two attached hydrogens (primary N) is 1. The lowest BCUT2D eigenvalue weighted by Crippen LogP contribution is -2.47. The monoisotopic (exact) mass is 288 g/mol. The fourth-order valence-corrected chi connectivity index (χ4v) is 1.72. The molecule has 5 nitrogen and oxygen atoms in total. The predicted octanol–water partition coefficient (Wildman–Crippen LogP) is 0.660. The summed E-state index contributed by atoms with van der Waals surface area (Å²) in [5, 5.41) is 11.3. The lowest BCUT2D eigenvalue weighted by molar-refractivity contribution is -0.120. The third kappa shape index (κ3) is 5.28. The Labute approximate surface area is 124 Å². The molecule has 1 rings (SSSR count). The van der Waals surface area contributed by atoms with Crippen LogP contribution in [-0.4, -0.2) is 29.6 Å². The number of benzene rings is 1. The molecular weight excluding hydrogens is 268 g/mol. The second kappa shape index (κ2) is 8.08. The first-order chi connectivity index (χ1) is 9.95. The van der Waals surface area contributed by atoms with E-state index in [1.54, 1.807) is 24.3 Å². The van der Waals surface area contributed by atoms with Crippen LogP contribution in [0.15, 0.2) is 24.3 Å². The van der Waals surface area contributed by atoms with Crippen molar-refractivity contribution < 1.29 is 14.7 Å². The molecule has 0 bridgehead atoms. The second-order valence-corrected chi connectivity index (χ2v) is 4.95. The molecular formula is C16H20N2O3. The van der Waals surface area contributed by atoms with Crippen molar-refractivity contribution in [2.75, 3.05) is 6.61 Å². The van der Waals surface area contributed by atoms with Gasteiger partial charge in [0, 0.05) is 17.5 Å². The number of primary amides is 1. The Kier molecular flexibility index (Phi) is 6.44. The SMILES string of the molecule is CC(C)C(NC(=O)c1ccc(C#CCCO)cc1)C(N)=O. The van der Waals surface area contributed by atoms with Gasteiger partial charge in [0.05, 0.1) is 6.61 Å². The van der Waals surface area contributed by atoms with Crippen molar-refractivity contribution in [2.24, 2.45) is 11.7 Å². The van der Waals surface area contributed by atoms with Crippen LogP contribution in [0.25, 0.3) is 0 Å². The van der Waals surface area contributed by atoms with Crippen LogP contribution in [0.4, 0.5) is 0 Å². The zero-order chi connectivity index (χ0) is 15.8. The normalized spacial score (nSPS) is 11.4. The Morgan fingerprint density at radius 3 is 2.38 bits per heavy atom. The van der Waals surface area contributed by atoms with Gasteiger partial charge in [0.1, 0.15) is 6.04 Å². The number of rotatable bonds is 5. The fourth-order valence-electron chi connectivity index (χ4n) is 1.72. The zero-order valence-corrected chi connectivity index (χ0v) is 12.2. The molecule has 0 radical (unpaired) electrons. The molecule has 0 aliphatic rings. The number of aliphatic hydroxyl groups excluding tert-OH is 1. The van der Waals surface area contributed by atoms with Gasteiger partial charge in [0.15, 0.2) is 0 Å². The van der Waals surface area contributed by atoms with Gasteiger partial charge in [-0.15, -0.1) is 0 Å². The predicted molar refractivity (Wildman–Crippen MR) is 80.3 cm³/mol. The van der Waals surface area contributed by atoms with Gasteiger partial charge in [0.25, 0.3) is 5.91 Å². The number of hydrogen-bond donors (Lipinski definition) is 3. The van der Waals surface area contributed by atoms with Crippen LogP contribution in [-0.2, 0) is 4.79 Å². The molecule has 0 heterocycles. The zero-order valence-electron chi connectivity index (χ0n) is 12.2. The van der Waals surface area contributed by atoms with Crippen molar-refractivity contribution in [3.8, 4) is 11.8 Å². The molecule has 21 heavy (non-hydrogen) atoms. The quantitative estimate of drug-likeness (QED) is 0.695. The Morgan fingerprint density at radius 1 is 1.29 bits per heavy atom. The summed E-state index contributed by atoms with van der Waals surface area (Å²) in [6.07, 6.45) is 0.414. The highest BCUT2D eigenvalue weighted by Crippen LogP contribution is 2.06. The first-order valence-electron chi connectivity index (χ1n) is 6.75. The van der Waals surface area contributed by atoms with Gasteiger partial charge in [0.2, 0.25) is 5.91 Å². The molecule has 0 spiro atoms. The van der Waals surface area contributed by atoms with Gasteiger partial charge in [-0.25, -0.2) is 0 Å². The standard InChI is InChI=1S/C16H20N2O3/c1-11(2)14(15(17)20)18-16(21)13-8-6-12(7-9-13)5-3-4-10-19/h6-9,11,14,19H,4,10H2,1-2H3,(H2,17,20)(H,18,21). The average molecular weight is 288 g/mol. The van der Waals surface area contributed by atoms with E-state index in [1.165, 1.54) is 0 Å². The average Bonchev–Trinajstić information content (AvgIpc) is 2.44. The van der Waals surface area contributed by atoms with E-state index >= 15 is 0 Å². The number of aliphatic hydroxyl groups is 1.